The van der Waals surface area contributed by atoms with Crippen LogP contribution in [0.3, 0.4) is 0 Å². The number of hydrogen-bond acceptors (Lipinski definition) is 1. The molecular formula is C5H6NY-. The first-order valence-electron chi connectivity index (χ1n) is 1.63. The molecule has 2 heteroatoms. The van der Waals surface area contributed by atoms with Gasteiger partial charge < -0.3 is 4.99 Å². The molecule has 1 nitrogen and oxygen atoms in total. The zero-order valence-electron chi connectivity index (χ0n) is 4.26. The van der Waals surface area contributed by atoms with Crippen molar-refractivity contribution >= 4 is 6.21 Å². The molecule has 0 atom stereocenters. The number of aliphatic imine (C=N–C) groups is 1. The van der Waals surface area contributed by atoms with Crippen molar-refractivity contribution in [2.24, 2.45) is 4.99 Å². The van der Waals surface area contributed by atoms with Crippen LogP contribution in [-0.2, 0) is 32.7 Å². The zero-order chi connectivity index (χ0) is 4.83. The van der Waals surface area contributed by atoms with E-state index in [-0.39, 0.29) is 32.7 Å². The third kappa shape index (κ3) is 10.7. The van der Waals surface area contributed by atoms with Gasteiger partial charge in [-0.15, -0.1) is 6.92 Å². The van der Waals surface area contributed by atoms with Crippen LogP contribution in [0.25, 0.3) is 0 Å². The minimum atomic E-state index is 0. The molecule has 0 aromatic rings. The Morgan fingerprint density at radius 3 is 2.43 bits per heavy atom. The predicted molar refractivity (Wildman–Crippen MR) is 26.8 cm³/mol. The molecule has 0 saturated carbocycles. The van der Waals surface area contributed by atoms with E-state index in [0.717, 1.165) is 0 Å². The summed E-state index contributed by atoms with van der Waals surface area (Å²) in [5.74, 6) is 0. The SMILES string of the molecule is [CH]C=C[C-]=NC.[Y]. The van der Waals surface area contributed by atoms with Gasteiger partial charge in [0, 0.05) is 39.8 Å². The normalized spacial score (nSPS) is 10.0. The van der Waals surface area contributed by atoms with Gasteiger partial charge in [0.15, 0.2) is 0 Å². The average Bonchev–Trinajstić information content (AvgIpc) is 1.61. The van der Waals surface area contributed by atoms with Crippen LogP contribution in [0.4, 0.5) is 0 Å². The topological polar surface area (TPSA) is 12.4 Å². The Morgan fingerprint density at radius 1 is 1.71 bits per heavy atom. The van der Waals surface area contributed by atoms with E-state index in [1.165, 1.54) is 6.08 Å². The molecule has 0 aliphatic heterocycles. The van der Waals surface area contributed by atoms with Crippen LogP contribution in [0.5, 0.6) is 0 Å². The van der Waals surface area contributed by atoms with E-state index in [9.17, 15) is 0 Å². The molecule has 0 fully saturated rings. The van der Waals surface area contributed by atoms with Gasteiger partial charge in [0.05, 0.1) is 0 Å². The second kappa shape index (κ2) is 9.72. The fourth-order valence-corrected chi connectivity index (χ4v) is 0.118. The number of rotatable bonds is 1. The smallest absolute Gasteiger partial charge is 0.00584 e. The molecular weight excluding hydrogens is 163 g/mol. The summed E-state index contributed by atoms with van der Waals surface area (Å²) in [5.41, 5.74) is 0. The first kappa shape index (κ1) is 10.5. The van der Waals surface area contributed by atoms with Crippen molar-refractivity contribution in [3.05, 3.63) is 19.1 Å². The first-order valence-corrected chi connectivity index (χ1v) is 1.63. The van der Waals surface area contributed by atoms with Gasteiger partial charge in [-0.05, 0) is 0 Å². The molecule has 0 heterocycles. The molecule has 0 unspecified atom stereocenters. The van der Waals surface area contributed by atoms with Gasteiger partial charge in [-0.25, -0.2) is 12.2 Å². The number of allylic oxidation sites excluding steroid dienone is 2. The largest absolute Gasteiger partial charge is 0.399 e. The van der Waals surface area contributed by atoms with Crippen molar-refractivity contribution in [1.29, 1.82) is 0 Å². The molecule has 0 aromatic carbocycles. The second-order valence-electron chi connectivity index (χ2n) is 0.712. The van der Waals surface area contributed by atoms with Crippen LogP contribution in [0, 0.1) is 6.92 Å². The third-order valence-electron chi connectivity index (χ3n) is 0.300. The second-order valence-corrected chi connectivity index (χ2v) is 0.712. The van der Waals surface area contributed by atoms with E-state index in [1.54, 1.807) is 13.1 Å². The summed E-state index contributed by atoms with van der Waals surface area (Å²) in [6.45, 7) is 4.91. The van der Waals surface area contributed by atoms with E-state index in [0.29, 0.717) is 0 Å². The summed E-state index contributed by atoms with van der Waals surface area (Å²) in [5, 5.41) is 0. The third-order valence-corrected chi connectivity index (χ3v) is 0.300. The van der Waals surface area contributed by atoms with Crippen LogP contribution >= 0.6 is 0 Å². The summed E-state index contributed by atoms with van der Waals surface area (Å²) in [6, 6.07) is 0. The Hall–Kier alpha value is 0.514. The monoisotopic (exact) mass is 169 g/mol. The van der Waals surface area contributed by atoms with Crippen molar-refractivity contribution in [2.75, 3.05) is 7.05 Å². The predicted octanol–water partition coefficient (Wildman–Crippen LogP) is 0.829. The zero-order valence-corrected chi connectivity index (χ0v) is 7.09. The summed E-state index contributed by atoms with van der Waals surface area (Å²) in [7, 11) is 1.64. The van der Waals surface area contributed by atoms with Gasteiger partial charge in [0.25, 0.3) is 0 Å². The molecule has 35 valence electrons. The van der Waals surface area contributed by atoms with Crippen molar-refractivity contribution in [3.63, 3.8) is 0 Å². The van der Waals surface area contributed by atoms with Gasteiger partial charge in [-0.1, -0.05) is 0 Å². The van der Waals surface area contributed by atoms with E-state index in [1.807, 2.05) is 0 Å². The molecule has 0 rings (SSSR count). The standard InChI is InChI=1S/C5H6N.Y/c1-3-4-5-6-2;/h1,3-4H,2H3;/q-1;. The van der Waals surface area contributed by atoms with Crippen LogP contribution < -0.4 is 0 Å². The van der Waals surface area contributed by atoms with E-state index < -0.39 is 0 Å². The van der Waals surface area contributed by atoms with E-state index >= 15 is 0 Å². The van der Waals surface area contributed by atoms with Gasteiger partial charge in [-0.2, -0.15) is 6.21 Å². The van der Waals surface area contributed by atoms with Crippen molar-refractivity contribution in [3.8, 4) is 0 Å². The Bertz CT molecular complexity index is 56.5. The minimum Gasteiger partial charge on any atom is -0.399 e. The van der Waals surface area contributed by atoms with Crippen LogP contribution in [-0.4, -0.2) is 13.3 Å². The van der Waals surface area contributed by atoms with Crippen molar-refractivity contribution in [2.45, 2.75) is 0 Å². The quantitative estimate of drug-likeness (QED) is 0.407. The number of nitrogens with zero attached hydrogens (tertiary/aromatic N) is 1. The first-order chi connectivity index (χ1) is 2.91. The maximum Gasteiger partial charge on any atom is 0.00584 e. The van der Waals surface area contributed by atoms with Crippen molar-refractivity contribution in [1.82, 2.24) is 0 Å². The Balaban J connectivity index is 0. The number of hydrogen-bond donors (Lipinski definition) is 0. The fraction of sp³-hybridized carbons (Fsp3) is 0.200. The molecule has 0 bridgehead atoms. The van der Waals surface area contributed by atoms with Crippen LogP contribution in [0.15, 0.2) is 17.1 Å². The molecule has 0 aromatic heterocycles. The summed E-state index contributed by atoms with van der Waals surface area (Å²) in [6.07, 6.45) is 5.44. The Morgan fingerprint density at radius 2 is 2.29 bits per heavy atom. The van der Waals surface area contributed by atoms with E-state index in [4.69, 9.17) is 6.92 Å². The molecule has 0 spiro atoms. The molecule has 0 aliphatic rings. The molecule has 0 aliphatic carbocycles. The summed E-state index contributed by atoms with van der Waals surface area (Å²) >= 11 is 0. The van der Waals surface area contributed by atoms with Crippen molar-refractivity contribution < 1.29 is 32.7 Å². The Labute approximate surface area is 69.8 Å². The van der Waals surface area contributed by atoms with Gasteiger partial charge >= 0.3 is 0 Å². The molecule has 3 radical (unpaired) electrons. The summed E-state index contributed by atoms with van der Waals surface area (Å²) < 4.78 is 0. The maximum atomic E-state index is 4.91. The van der Waals surface area contributed by atoms with Crippen LogP contribution in [0.2, 0.25) is 0 Å². The molecule has 0 saturated heterocycles. The van der Waals surface area contributed by atoms with Gasteiger partial charge in [0.2, 0.25) is 0 Å². The minimum absolute atomic E-state index is 0. The van der Waals surface area contributed by atoms with Gasteiger partial charge in [-0.3, -0.25) is 0 Å². The maximum absolute atomic E-state index is 4.91. The Kier molecular flexibility index (Phi) is 14.6. The summed E-state index contributed by atoms with van der Waals surface area (Å²) in [4.78, 5) is 3.51. The van der Waals surface area contributed by atoms with E-state index in [2.05, 4.69) is 11.2 Å². The average molecular weight is 169 g/mol. The van der Waals surface area contributed by atoms with Gasteiger partial charge in [0.1, 0.15) is 0 Å². The fourth-order valence-electron chi connectivity index (χ4n) is 0.118. The molecule has 0 N–H and O–H groups in total. The molecule has 0 amide bonds. The molecule has 7 heavy (non-hydrogen) atoms. The van der Waals surface area contributed by atoms with Crippen LogP contribution in [0.1, 0.15) is 0 Å².